The summed E-state index contributed by atoms with van der Waals surface area (Å²) in [5.74, 6) is 3.98. The van der Waals surface area contributed by atoms with Gasteiger partial charge in [-0.25, -0.2) is 9.59 Å². The first-order valence-electron chi connectivity index (χ1n) is 35.9. The molecule has 22 heteroatoms. The quantitative estimate of drug-likeness (QED) is 0.0327. The van der Waals surface area contributed by atoms with Crippen LogP contribution in [0.2, 0.25) is 0 Å². The van der Waals surface area contributed by atoms with Crippen molar-refractivity contribution in [3.63, 3.8) is 0 Å². The average Bonchev–Trinajstić information content (AvgIpc) is 0.797. The van der Waals surface area contributed by atoms with E-state index in [0.29, 0.717) is 165 Å². The highest BCUT2D eigenvalue weighted by atomic mass is 16.6. The first-order chi connectivity index (χ1) is 50.0. The van der Waals surface area contributed by atoms with Crippen molar-refractivity contribution in [2.45, 2.75) is 133 Å². The summed E-state index contributed by atoms with van der Waals surface area (Å²) in [5, 5.41) is 0. The van der Waals surface area contributed by atoms with E-state index in [1.807, 2.05) is 111 Å². The number of aryl methyl sites for hydroxylation is 2. The Labute approximate surface area is 608 Å². The first kappa shape index (κ1) is 79.4. The standard InChI is InChI=1S/C81H108N4O18/c1-15-23-63(59-52-74(96-11)77(99-14)75(53-59)97-12)79(87)85-39-20-18-29-65(85)81(89)103-67(35-31-55-33-37-69(91-6)71(47-55)93-8)57-25-22-27-61(49-57)101-45-43-83(4)41-40-82(3)42-44-100-60-26-21-24-56(48-60)66(34-30-54-32-36-68(90-5)70(46-54)92-7)102-80(88)64-28-17-19-38-84(64)78(86)62(16-2)58-50-72(94-9)76(98-13)73(51-58)95-10/h21-22,24-27,32-33,36-37,46-53,62-67H,15-20,23,28-31,34-35,38-45H2,1-14H3/t62-,63-,64-,65-,66+,67+/m0/s1. The van der Waals surface area contributed by atoms with E-state index in [2.05, 4.69) is 23.9 Å². The highest BCUT2D eigenvalue weighted by Gasteiger charge is 2.40. The molecule has 2 aliphatic heterocycles. The number of likely N-dealkylation sites (N-methyl/N-ethyl adjacent to an activating group) is 2. The van der Waals surface area contributed by atoms with Gasteiger partial charge in [0.25, 0.3) is 0 Å². The Morgan fingerprint density at radius 1 is 0.417 bits per heavy atom. The van der Waals surface area contributed by atoms with E-state index in [0.717, 1.165) is 73.0 Å². The predicted octanol–water partition coefficient (Wildman–Crippen LogP) is 13.1. The molecule has 6 aromatic rings. The van der Waals surface area contributed by atoms with E-state index >= 15 is 0 Å². The fourth-order valence-electron chi connectivity index (χ4n) is 13.7. The number of hydrogen-bond donors (Lipinski definition) is 0. The van der Waals surface area contributed by atoms with Gasteiger partial charge in [0.2, 0.25) is 23.3 Å². The number of methoxy groups -OCH3 is 10. The number of ether oxygens (including phenoxy) is 14. The minimum atomic E-state index is -0.789. The lowest BCUT2D eigenvalue weighted by atomic mass is 9.90. The highest BCUT2D eigenvalue weighted by Crippen LogP contribution is 2.44. The second-order valence-corrected chi connectivity index (χ2v) is 26.1. The van der Waals surface area contributed by atoms with Crippen LogP contribution in [0.5, 0.6) is 69.0 Å². The lowest BCUT2D eigenvalue weighted by molar-refractivity contribution is -0.162. The third-order valence-electron chi connectivity index (χ3n) is 19.5. The van der Waals surface area contributed by atoms with Crippen molar-refractivity contribution >= 4 is 23.8 Å². The largest absolute Gasteiger partial charge is 0.493 e. The number of amides is 2. The molecule has 2 saturated heterocycles. The molecule has 560 valence electrons. The second-order valence-electron chi connectivity index (χ2n) is 26.1. The molecule has 0 unspecified atom stereocenters. The highest BCUT2D eigenvalue weighted by molar-refractivity contribution is 5.90. The van der Waals surface area contributed by atoms with Crippen molar-refractivity contribution in [2.24, 2.45) is 0 Å². The smallest absolute Gasteiger partial charge is 0.329 e. The summed E-state index contributed by atoms with van der Waals surface area (Å²) in [4.78, 5) is 66.9. The van der Waals surface area contributed by atoms with Crippen LogP contribution in [0.4, 0.5) is 0 Å². The summed E-state index contributed by atoms with van der Waals surface area (Å²) >= 11 is 0. The molecule has 0 aromatic heterocycles. The Kier molecular flexibility index (Phi) is 30.8. The Morgan fingerprint density at radius 3 is 1.17 bits per heavy atom. The zero-order valence-electron chi connectivity index (χ0n) is 62.8. The predicted molar refractivity (Wildman–Crippen MR) is 394 cm³/mol. The molecule has 8 rings (SSSR count). The number of piperidine rings is 2. The van der Waals surface area contributed by atoms with Gasteiger partial charge in [-0.2, -0.15) is 0 Å². The molecule has 0 aliphatic carbocycles. The summed E-state index contributed by atoms with van der Waals surface area (Å²) in [6.45, 7) is 8.43. The third kappa shape index (κ3) is 21.0. The molecule has 22 nitrogen and oxygen atoms in total. The summed E-state index contributed by atoms with van der Waals surface area (Å²) in [6.07, 6.45) is 6.36. The maximum atomic E-state index is 14.9. The SMILES string of the molecule is CCC[C@H](C(=O)N1CCCC[C@H]1C(=O)O[C@H](CCc1ccc(OC)c(OC)c1)c1cccc(OCCN(C)CCN(C)CCOc2cccc([C@@H](CCc3ccc(OC)c(OC)c3)OC(=O)[C@@H]3CCCCN3C(=O)[C@@H](CC)c3cc(OC)c(OC)c(OC)c3)c2)c1)c1cc(OC)c(OC)c(OC)c1. The summed E-state index contributed by atoms with van der Waals surface area (Å²) in [6, 6.07) is 32.6. The van der Waals surface area contributed by atoms with Crippen molar-refractivity contribution in [3.8, 4) is 69.0 Å². The lowest BCUT2D eigenvalue weighted by Gasteiger charge is -2.37. The Hall–Kier alpha value is -9.28. The van der Waals surface area contributed by atoms with Crippen molar-refractivity contribution < 1.29 is 85.5 Å². The molecule has 0 spiro atoms. The Morgan fingerprint density at radius 2 is 0.806 bits per heavy atom. The average molecular weight is 1430 g/mol. The second kappa shape index (κ2) is 40.0. The van der Waals surface area contributed by atoms with Crippen molar-refractivity contribution in [3.05, 3.63) is 143 Å². The topological polar surface area (TPSA) is 210 Å². The van der Waals surface area contributed by atoms with Gasteiger partial charge in [0, 0.05) is 39.3 Å². The van der Waals surface area contributed by atoms with Gasteiger partial charge in [-0.05, 0) is 197 Å². The van der Waals surface area contributed by atoms with Crippen LogP contribution in [0.3, 0.4) is 0 Å². The first-order valence-corrected chi connectivity index (χ1v) is 35.9. The van der Waals surface area contributed by atoms with Gasteiger partial charge in [-0.15, -0.1) is 0 Å². The van der Waals surface area contributed by atoms with Crippen molar-refractivity contribution in [1.29, 1.82) is 0 Å². The van der Waals surface area contributed by atoms with Gasteiger partial charge in [-0.3, -0.25) is 9.59 Å². The minimum absolute atomic E-state index is 0.149. The number of carbonyl (C=O) groups excluding carboxylic acids is 4. The maximum Gasteiger partial charge on any atom is 0.329 e. The van der Waals surface area contributed by atoms with E-state index in [9.17, 15) is 19.2 Å². The molecule has 0 radical (unpaired) electrons. The van der Waals surface area contributed by atoms with E-state index in [4.69, 9.17) is 66.3 Å². The molecule has 2 amide bonds. The molecule has 6 aromatic carbocycles. The molecule has 6 atom stereocenters. The van der Waals surface area contributed by atoms with Crippen molar-refractivity contribution in [2.75, 3.05) is 138 Å². The van der Waals surface area contributed by atoms with Gasteiger partial charge in [0.15, 0.2) is 46.0 Å². The zero-order chi connectivity index (χ0) is 74.0. The molecule has 2 fully saturated rings. The number of benzene rings is 6. The molecule has 0 saturated carbocycles. The van der Waals surface area contributed by atoms with Crippen LogP contribution in [0.25, 0.3) is 0 Å². The summed E-state index contributed by atoms with van der Waals surface area (Å²) < 4.78 is 82.2. The van der Waals surface area contributed by atoms with Gasteiger partial charge in [-0.1, -0.05) is 56.7 Å². The number of nitrogens with zero attached hydrogens (tertiary/aromatic N) is 4. The normalized spacial score (nSPS) is 15.6. The third-order valence-corrected chi connectivity index (χ3v) is 19.5. The van der Waals surface area contributed by atoms with Gasteiger partial charge in [0.05, 0.1) is 82.9 Å². The van der Waals surface area contributed by atoms with Gasteiger partial charge in [0.1, 0.15) is 49.0 Å². The fourth-order valence-corrected chi connectivity index (χ4v) is 13.7. The molecule has 0 bridgehead atoms. The fraction of sp³-hybridized carbons (Fsp3) is 0.506. The van der Waals surface area contributed by atoms with Crippen molar-refractivity contribution in [1.82, 2.24) is 19.6 Å². The Balaban J connectivity index is 0.888. The van der Waals surface area contributed by atoms with E-state index in [1.165, 1.54) is 7.11 Å². The summed E-state index contributed by atoms with van der Waals surface area (Å²) in [7, 11) is 19.8. The summed E-state index contributed by atoms with van der Waals surface area (Å²) in [5.41, 5.74) is 4.91. The van der Waals surface area contributed by atoms with Gasteiger partial charge < -0.3 is 85.9 Å². The van der Waals surface area contributed by atoms with Crippen LogP contribution in [0.1, 0.15) is 142 Å². The molecule has 103 heavy (non-hydrogen) atoms. The van der Waals surface area contributed by atoms with E-state index < -0.39 is 48.1 Å². The van der Waals surface area contributed by atoms with E-state index in [-0.39, 0.29) is 11.8 Å². The Bertz CT molecular complexity index is 3670. The molecule has 2 heterocycles. The molecular weight excluding hydrogens is 1320 g/mol. The van der Waals surface area contributed by atoms with Crippen LogP contribution < -0.4 is 56.8 Å². The van der Waals surface area contributed by atoms with Crippen LogP contribution >= 0.6 is 0 Å². The monoisotopic (exact) mass is 1420 g/mol. The van der Waals surface area contributed by atoms with Crippen LogP contribution in [-0.2, 0) is 41.5 Å². The minimum Gasteiger partial charge on any atom is -0.493 e. The lowest BCUT2D eigenvalue weighted by Crippen LogP contribution is -2.50. The number of likely N-dealkylation sites (tertiary alicyclic amines) is 2. The number of carbonyl (C=O) groups is 4. The molecule has 2 aliphatic rings. The number of rotatable bonds is 40. The molecule has 0 N–H and O–H groups in total. The van der Waals surface area contributed by atoms with Crippen LogP contribution in [0.15, 0.2) is 109 Å². The zero-order valence-corrected chi connectivity index (χ0v) is 62.8. The van der Waals surface area contributed by atoms with E-state index in [1.54, 1.807) is 85.9 Å². The molecular formula is C81H108N4O18. The number of hydrogen-bond acceptors (Lipinski definition) is 20. The van der Waals surface area contributed by atoms with Crippen LogP contribution in [-0.4, -0.2) is 193 Å². The van der Waals surface area contributed by atoms with Gasteiger partial charge >= 0.3 is 11.9 Å². The number of esters is 2. The van der Waals surface area contributed by atoms with Crippen LogP contribution in [0, 0.1) is 0 Å². The maximum absolute atomic E-state index is 14.9.